The van der Waals surface area contributed by atoms with Crippen molar-refractivity contribution in [3.05, 3.63) is 10.3 Å². The van der Waals surface area contributed by atoms with Crippen molar-refractivity contribution < 1.29 is 103 Å². The monoisotopic (exact) mass is 217 g/mol. The van der Waals surface area contributed by atoms with Crippen LogP contribution in [0.2, 0.25) is 0 Å². The number of aromatic nitrogens is 3. The summed E-state index contributed by atoms with van der Waals surface area (Å²) in [5.41, 5.74) is -0.148. The van der Waals surface area contributed by atoms with Gasteiger partial charge in [-0.1, -0.05) is 12.2 Å². The molecule has 0 spiro atoms. The van der Waals surface area contributed by atoms with Crippen LogP contribution in [-0.2, 0) is 0 Å². The number of H-pyrrole nitrogens is 2. The molecule has 12 heavy (non-hydrogen) atoms. The predicted octanol–water partition coefficient (Wildman–Crippen LogP) is -8.49. The molecule has 9 heteroatoms. The third-order valence-electron chi connectivity index (χ3n) is 0.755. The Bertz CT molecular complexity index is 295. The van der Waals surface area contributed by atoms with Crippen LogP contribution in [0, 0.1) is 4.64 Å². The van der Waals surface area contributed by atoms with E-state index < -0.39 is 5.97 Å². The molecule has 1 rings (SSSR count). The van der Waals surface area contributed by atoms with Crippen molar-refractivity contribution in [2.45, 2.75) is 0 Å². The summed E-state index contributed by atoms with van der Waals surface area (Å²) in [5, 5.41) is 16.2. The van der Waals surface area contributed by atoms with Gasteiger partial charge in [0.25, 0.3) is 0 Å². The summed E-state index contributed by atoms with van der Waals surface area (Å²) >= 11 is 4.53. The zero-order chi connectivity index (χ0) is 6.85. The first kappa shape index (κ1) is 19.4. The average Bonchev–Trinajstić information content (AvgIpc) is 2.13. The molecule has 0 aliphatic rings. The van der Waals surface area contributed by atoms with E-state index in [1.54, 1.807) is 0 Å². The van der Waals surface area contributed by atoms with E-state index >= 15 is 0 Å². The maximum absolute atomic E-state index is 10.1. The van der Waals surface area contributed by atoms with Crippen LogP contribution in [0.5, 0.6) is 0 Å². The van der Waals surface area contributed by atoms with Crippen LogP contribution in [0.1, 0.15) is 14.8 Å². The molecule has 0 aliphatic heterocycles. The van der Waals surface area contributed by atoms with E-state index in [-0.39, 0.29) is 103 Å². The molecule has 54 valence electrons. The van der Waals surface area contributed by atoms with Gasteiger partial charge in [0.15, 0.2) is 4.64 Å². The minimum absolute atomic E-state index is 0. The number of hydrogen-bond donors (Lipinski definition) is 3. The number of nitrogens with zero attached hydrogens (tertiary/aromatic N) is 1. The number of aromatic amines is 2. The topological polar surface area (TPSA) is 81.8 Å². The maximum Gasteiger partial charge on any atom is 1.00 e. The fraction of sp³-hybridized carbons (Fsp3) is 0. The van der Waals surface area contributed by atoms with Crippen LogP contribution >= 0.6 is 12.2 Å². The van der Waals surface area contributed by atoms with Crippen LogP contribution in [0.25, 0.3) is 0 Å². The number of hydrogen-bond acceptors (Lipinski definition) is 3. The van der Waals surface area contributed by atoms with Gasteiger partial charge in [0.1, 0.15) is 0 Å². The molecule has 1 aromatic rings. The fourth-order valence-electron chi connectivity index (χ4n) is 0.390. The number of carboxylic acids is 1. The molecular formula is C3H6N3Na3O2S. The van der Waals surface area contributed by atoms with Crippen molar-refractivity contribution in [2.24, 2.45) is 0 Å². The third kappa shape index (κ3) is 5.54. The Balaban J connectivity index is -0.0000000337. The maximum atomic E-state index is 10.1. The van der Waals surface area contributed by atoms with Crippen LogP contribution in [0.4, 0.5) is 0 Å². The Hall–Kier alpha value is 1.83. The Kier molecular flexibility index (Phi) is 15.2. The number of aromatic carboxylic acids is 1. The molecule has 0 fully saturated rings. The van der Waals surface area contributed by atoms with E-state index in [4.69, 9.17) is 5.11 Å². The quantitative estimate of drug-likeness (QED) is 0.322. The van der Waals surface area contributed by atoms with Gasteiger partial charge < -0.3 is 9.39 Å². The molecule has 0 radical (unpaired) electrons. The summed E-state index contributed by atoms with van der Waals surface area (Å²) in [6.45, 7) is 0. The van der Waals surface area contributed by atoms with Gasteiger partial charge in [0.05, 0.1) is 0 Å². The molecule has 0 amide bonds. The van der Waals surface area contributed by atoms with Gasteiger partial charge in [-0.05, 0) is 0 Å². The van der Waals surface area contributed by atoms with Crippen molar-refractivity contribution in [2.75, 3.05) is 0 Å². The van der Waals surface area contributed by atoms with E-state index in [2.05, 4.69) is 27.6 Å². The number of carbonyl (C=O) groups is 1. The largest absolute Gasteiger partial charge is 1.00 e. The van der Waals surface area contributed by atoms with E-state index in [0.717, 1.165) is 0 Å². The van der Waals surface area contributed by atoms with E-state index in [0.29, 0.717) is 0 Å². The molecule has 0 aliphatic carbocycles. The van der Waals surface area contributed by atoms with Crippen molar-refractivity contribution in [3.63, 3.8) is 0 Å². The van der Waals surface area contributed by atoms with Gasteiger partial charge >= 0.3 is 94.6 Å². The Morgan fingerprint density at radius 3 is 2.17 bits per heavy atom. The van der Waals surface area contributed by atoms with E-state index in [1.807, 2.05) is 0 Å². The first-order chi connectivity index (χ1) is 4.22. The zero-order valence-corrected chi connectivity index (χ0v) is 14.0. The molecule has 0 bridgehead atoms. The molecule has 5 nitrogen and oxygen atoms in total. The number of nitrogens with one attached hydrogen (secondary N) is 2. The molecular weight excluding hydrogens is 211 g/mol. The summed E-state index contributed by atoms with van der Waals surface area (Å²) in [5.74, 6) is -1.13. The normalized spacial score (nSPS) is 7.00. The minimum atomic E-state index is -1.13. The van der Waals surface area contributed by atoms with Crippen molar-refractivity contribution in [1.29, 1.82) is 0 Å². The zero-order valence-electron chi connectivity index (χ0n) is 10.2. The molecule has 0 aromatic carbocycles. The first-order valence-electron chi connectivity index (χ1n) is 2.08. The van der Waals surface area contributed by atoms with Crippen molar-refractivity contribution in [1.82, 2.24) is 15.4 Å². The molecule has 1 heterocycles. The van der Waals surface area contributed by atoms with Crippen molar-refractivity contribution >= 4 is 18.2 Å². The molecule has 0 atom stereocenters. The summed E-state index contributed by atoms with van der Waals surface area (Å²) in [6, 6.07) is 0. The SMILES string of the molecule is O=C(O)c1n[nH][nH]c1=S.[H-].[H-].[H-].[Na+].[Na+].[Na+]. The predicted molar refractivity (Wildman–Crippen MR) is 34.1 cm³/mol. The summed E-state index contributed by atoms with van der Waals surface area (Å²) in [6.07, 6.45) is 0. The van der Waals surface area contributed by atoms with Gasteiger partial charge in [0, 0.05) is 0 Å². The van der Waals surface area contributed by atoms with Gasteiger partial charge in [-0.2, -0.15) is 0 Å². The fourth-order valence-corrected chi connectivity index (χ4v) is 0.568. The summed E-state index contributed by atoms with van der Waals surface area (Å²) in [7, 11) is 0. The molecule has 3 N–H and O–H groups in total. The van der Waals surface area contributed by atoms with Gasteiger partial charge in [-0.25, -0.2) is 10.0 Å². The Morgan fingerprint density at radius 2 is 2.00 bits per heavy atom. The van der Waals surface area contributed by atoms with Crippen LogP contribution in [0.15, 0.2) is 0 Å². The summed E-state index contributed by atoms with van der Waals surface area (Å²) < 4.78 is 0.113. The van der Waals surface area contributed by atoms with Crippen LogP contribution in [0.3, 0.4) is 0 Å². The van der Waals surface area contributed by atoms with E-state index in [9.17, 15) is 4.79 Å². The Morgan fingerprint density at radius 1 is 1.50 bits per heavy atom. The smallest absolute Gasteiger partial charge is 1.00 e. The first-order valence-corrected chi connectivity index (χ1v) is 2.49. The van der Waals surface area contributed by atoms with Crippen LogP contribution in [-0.4, -0.2) is 26.5 Å². The van der Waals surface area contributed by atoms with Crippen molar-refractivity contribution in [3.8, 4) is 0 Å². The Labute approximate surface area is 144 Å². The average molecular weight is 217 g/mol. The molecule has 0 saturated carbocycles. The standard InChI is InChI=1S/C3H3N3O2S.3Na.3H/c7-3(8)1-2(9)5-6-4-1;;;;;;/h(H,7,8)(H2,4,5,6,9);;;;;;/q;3*+1;3*-1. The second-order valence-electron chi connectivity index (χ2n) is 1.33. The minimum Gasteiger partial charge on any atom is -1.00 e. The molecule has 0 saturated heterocycles. The second kappa shape index (κ2) is 9.39. The van der Waals surface area contributed by atoms with Gasteiger partial charge in [-0.3, -0.25) is 5.10 Å². The van der Waals surface area contributed by atoms with Crippen LogP contribution < -0.4 is 88.7 Å². The number of carboxylic acid groups (broad SMARTS) is 1. The molecule has 0 unspecified atom stereocenters. The second-order valence-corrected chi connectivity index (χ2v) is 1.74. The van der Waals surface area contributed by atoms with E-state index in [1.165, 1.54) is 0 Å². The van der Waals surface area contributed by atoms with Gasteiger partial charge in [-0.15, -0.1) is 5.10 Å². The summed E-state index contributed by atoms with van der Waals surface area (Å²) in [4.78, 5) is 10.1. The molecule has 1 aromatic heterocycles. The number of rotatable bonds is 1. The van der Waals surface area contributed by atoms with Gasteiger partial charge in [0.2, 0.25) is 5.69 Å². The third-order valence-corrected chi connectivity index (χ3v) is 1.05.